The smallest absolute Gasteiger partial charge is 0.145 e. The third kappa shape index (κ3) is 2.18. The fraction of sp³-hybridized carbons (Fsp3) is 0.400. The minimum atomic E-state index is 0.623. The summed E-state index contributed by atoms with van der Waals surface area (Å²) in [6.07, 6.45) is 11.2. The van der Waals surface area contributed by atoms with E-state index in [1.807, 2.05) is 12.3 Å². The van der Waals surface area contributed by atoms with Gasteiger partial charge in [-0.1, -0.05) is 12.7 Å². The van der Waals surface area contributed by atoms with Crippen LogP contribution < -0.4 is 10.1 Å². The van der Waals surface area contributed by atoms with Crippen molar-refractivity contribution in [3.05, 3.63) is 42.9 Å². The predicted octanol–water partition coefficient (Wildman–Crippen LogP) is 2.76. The van der Waals surface area contributed by atoms with Gasteiger partial charge < -0.3 is 10.1 Å². The molecule has 1 aliphatic carbocycles. The first-order valence-electron chi connectivity index (χ1n) is 6.54. The molecule has 1 aliphatic heterocycles. The van der Waals surface area contributed by atoms with Crippen LogP contribution in [0.4, 0.5) is 0 Å². The molecule has 0 saturated carbocycles. The van der Waals surface area contributed by atoms with Crippen LogP contribution in [0.1, 0.15) is 24.8 Å². The fourth-order valence-corrected chi connectivity index (χ4v) is 2.93. The lowest BCUT2D eigenvalue weighted by Gasteiger charge is -2.25. The number of hydrogen-bond donors (Lipinski definition) is 1. The van der Waals surface area contributed by atoms with E-state index >= 15 is 0 Å². The highest BCUT2D eigenvalue weighted by atomic mass is 16.5. The summed E-state index contributed by atoms with van der Waals surface area (Å²) in [6.45, 7) is 4.72. The molecule has 2 aliphatic rings. The van der Waals surface area contributed by atoms with E-state index in [0.29, 0.717) is 12.0 Å². The predicted molar refractivity (Wildman–Crippen MR) is 72.2 cm³/mol. The molecule has 0 amide bonds. The minimum absolute atomic E-state index is 0.623. The van der Waals surface area contributed by atoms with Crippen LogP contribution in [0.3, 0.4) is 0 Å². The molecule has 1 aromatic rings. The maximum Gasteiger partial charge on any atom is 0.145 e. The van der Waals surface area contributed by atoms with Crippen LogP contribution >= 0.6 is 0 Å². The van der Waals surface area contributed by atoms with Crippen LogP contribution in [0.2, 0.25) is 0 Å². The number of piperidine rings is 1. The molecule has 1 saturated heterocycles. The highest BCUT2D eigenvalue weighted by molar-refractivity contribution is 5.69. The Morgan fingerprint density at radius 2 is 2.39 bits per heavy atom. The number of rotatable bonds is 3. The van der Waals surface area contributed by atoms with Crippen molar-refractivity contribution in [2.24, 2.45) is 5.92 Å². The molecule has 1 N–H and O–H groups in total. The van der Waals surface area contributed by atoms with E-state index in [2.05, 4.69) is 23.0 Å². The number of fused-ring (bicyclic) bond motifs is 1. The van der Waals surface area contributed by atoms with Crippen molar-refractivity contribution in [3.8, 4) is 5.75 Å². The van der Waals surface area contributed by atoms with Gasteiger partial charge in [0.1, 0.15) is 5.75 Å². The summed E-state index contributed by atoms with van der Waals surface area (Å²) < 4.78 is 5.28. The maximum atomic E-state index is 5.28. The van der Waals surface area contributed by atoms with E-state index in [0.717, 1.165) is 18.7 Å². The zero-order chi connectivity index (χ0) is 12.4. The van der Waals surface area contributed by atoms with Gasteiger partial charge in [0.25, 0.3) is 0 Å². The number of ether oxygens (including phenoxy) is 1. The molecule has 0 spiro atoms. The second kappa shape index (κ2) is 4.94. The van der Waals surface area contributed by atoms with Crippen molar-refractivity contribution in [1.82, 2.24) is 10.3 Å². The third-order valence-corrected chi connectivity index (χ3v) is 3.80. The first-order chi connectivity index (χ1) is 8.86. The van der Waals surface area contributed by atoms with E-state index in [1.165, 1.54) is 30.2 Å². The molecule has 1 aromatic heterocycles. The number of nitrogens with zero attached hydrogens (tertiary/aromatic N) is 1. The summed E-state index contributed by atoms with van der Waals surface area (Å²) in [5.74, 6) is 1.45. The van der Waals surface area contributed by atoms with Crippen LogP contribution in [0, 0.1) is 5.92 Å². The summed E-state index contributed by atoms with van der Waals surface area (Å²) in [5, 5.41) is 3.60. The zero-order valence-corrected chi connectivity index (χ0v) is 10.4. The summed E-state index contributed by atoms with van der Waals surface area (Å²) in [7, 11) is 0. The Labute approximate surface area is 108 Å². The van der Waals surface area contributed by atoms with E-state index in [9.17, 15) is 0 Å². The molecular weight excluding hydrogens is 224 g/mol. The van der Waals surface area contributed by atoms with Crippen LogP contribution in [0.25, 0.3) is 5.57 Å². The van der Waals surface area contributed by atoms with Crippen LogP contribution in [-0.4, -0.2) is 17.6 Å². The van der Waals surface area contributed by atoms with Gasteiger partial charge in [-0.25, -0.2) is 0 Å². The van der Waals surface area contributed by atoms with Gasteiger partial charge in [-0.2, -0.15) is 0 Å². The van der Waals surface area contributed by atoms with Gasteiger partial charge in [0.2, 0.25) is 0 Å². The minimum Gasteiger partial charge on any atom is -0.464 e. The quantitative estimate of drug-likeness (QED) is 0.828. The Morgan fingerprint density at radius 1 is 1.44 bits per heavy atom. The molecular formula is C15H18N2O. The molecule has 2 atom stereocenters. The average Bonchev–Trinajstić information content (AvgIpc) is 2.83. The molecule has 3 nitrogen and oxygen atoms in total. The van der Waals surface area contributed by atoms with E-state index in [-0.39, 0.29) is 0 Å². The normalized spacial score (nSPS) is 26.3. The largest absolute Gasteiger partial charge is 0.464 e. The van der Waals surface area contributed by atoms with Crippen molar-refractivity contribution < 1.29 is 4.74 Å². The van der Waals surface area contributed by atoms with Crippen molar-refractivity contribution in [1.29, 1.82) is 0 Å². The molecule has 1 fully saturated rings. The van der Waals surface area contributed by atoms with Gasteiger partial charge in [0.05, 0.1) is 12.5 Å². The van der Waals surface area contributed by atoms with E-state index in [1.54, 1.807) is 6.20 Å². The molecule has 0 bridgehead atoms. The van der Waals surface area contributed by atoms with Crippen molar-refractivity contribution in [2.45, 2.75) is 25.3 Å². The van der Waals surface area contributed by atoms with Crippen LogP contribution in [0.15, 0.2) is 37.4 Å². The highest BCUT2D eigenvalue weighted by Gasteiger charge is 2.29. The Kier molecular flexibility index (Phi) is 3.15. The zero-order valence-electron chi connectivity index (χ0n) is 10.4. The molecule has 0 aromatic carbocycles. The lowest BCUT2D eigenvalue weighted by molar-refractivity contribution is 0.348. The number of aromatic nitrogens is 1. The van der Waals surface area contributed by atoms with Gasteiger partial charge >= 0.3 is 0 Å². The summed E-state index contributed by atoms with van der Waals surface area (Å²) in [4.78, 5) is 4.23. The summed E-state index contributed by atoms with van der Waals surface area (Å²) >= 11 is 0. The number of hydrogen-bond acceptors (Lipinski definition) is 3. The van der Waals surface area contributed by atoms with Crippen LogP contribution in [0.5, 0.6) is 5.75 Å². The van der Waals surface area contributed by atoms with Gasteiger partial charge in [0, 0.05) is 12.2 Å². The molecule has 0 unspecified atom stereocenters. The Bertz CT molecular complexity index is 481. The monoisotopic (exact) mass is 242 g/mol. The van der Waals surface area contributed by atoms with Gasteiger partial charge in [-0.15, -0.1) is 0 Å². The Balaban J connectivity index is 1.82. The van der Waals surface area contributed by atoms with Gasteiger partial charge in [-0.05, 0) is 48.9 Å². The van der Waals surface area contributed by atoms with Crippen molar-refractivity contribution >= 4 is 5.57 Å². The standard InChI is InChI=1S/C15H18N2O/c1-2-18-14-7-13(9-16-10-14)12-6-11-4-3-5-17-15(11)8-12/h2,6-7,9-11,15,17H,1,3-5,8H2/t11-,15+/m1/s1. The summed E-state index contributed by atoms with van der Waals surface area (Å²) in [5.41, 5.74) is 2.56. The third-order valence-electron chi connectivity index (χ3n) is 3.80. The lowest BCUT2D eigenvalue weighted by atomic mass is 9.94. The summed E-state index contributed by atoms with van der Waals surface area (Å²) in [6, 6.07) is 2.66. The van der Waals surface area contributed by atoms with E-state index in [4.69, 9.17) is 4.74 Å². The first-order valence-corrected chi connectivity index (χ1v) is 6.54. The van der Waals surface area contributed by atoms with Gasteiger partial charge in [0.15, 0.2) is 0 Å². The van der Waals surface area contributed by atoms with Crippen molar-refractivity contribution in [3.63, 3.8) is 0 Å². The molecule has 3 rings (SSSR count). The number of nitrogens with one attached hydrogen (secondary N) is 1. The lowest BCUT2D eigenvalue weighted by Crippen LogP contribution is -2.37. The fourth-order valence-electron chi connectivity index (χ4n) is 2.93. The molecule has 94 valence electrons. The Hall–Kier alpha value is -1.61. The molecule has 0 radical (unpaired) electrons. The first kappa shape index (κ1) is 11.5. The topological polar surface area (TPSA) is 34.1 Å². The maximum absolute atomic E-state index is 5.28. The van der Waals surface area contributed by atoms with Crippen LogP contribution in [-0.2, 0) is 0 Å². The Morgan fingerprint density at radius 3 is 3.22 bits per heavy atom. The highest BCUT2D eigenvalue weighted by Crippen LogP contribution is 2.36. The molecule has 18 heavy (non-hydrogen) atoms. The second-order valence-electron chi connectivity index (χ2n) is 4.96. The average molecular weight is 242 g/mol. The number of pyridine rings is 1. The molecule has 3 heteroatoms. The molecule has 2 heterocycles. The SMILES string of the molecule is C=COc1cncc(C2=C[C@H]3CCCN[C@H]3C2)c1. The second-order valence-corrected chi connectivity index (χ2v) is 4.96. The van der Waals surface area contributed by atoms with Gasteiger partial charge in [-0.3, -0.25) is 4.98 Å². The van der Waals surface area contributed by atoms with E-state index < -0.39 is 0 Å². The van der Waals surface area contributed by atoms with Crippen molar-refractivity contribution in [2.75, 3.05) is 6.54 Å².